The van der Waals surface area contributed by atoms with Gasteiger partial charge >= 0.3 is 5.97 Å². The lowest BCUT2D eigenvalue weighted by Gasteiger charge is -2.18. The summed E-state index contributed by atoms with van der Waals surface area (Å²) in [5.74, 6) is -3.68. The van der Waals surface area contributed by atoms with Crippen molar-refractivity contribution in [2.45, 2.75) is 32.3 Å². The molecule has 2 rings (SSSR count). The Morgan fingerprint density at radius 2 is 1.65 bits per heavy atom. The number of amides is 1. The molecule has 0 aliphatic rings. The minimum atomic E-state index is -1.21. The van der Waals surface area contributed by atoms with Crippen LogP contribution in [0.4, 0.5) is 8.78 Å². The van der Waals surface area contributed by atoms with Gasteiger partial charge in [-0.2, -0.15) is 0 Å². The van der Waals surface area contributed by atoms with Crippen molar-refractivity contribution in [2.75, 3.05) is 6.54 Å². The Hall–Kier alpha value is -2.76. The van der Waals surface area contributed by atoms with Gasteiger partial charge in [0.15, 0.2) is 6.10 Å². The molecule has 0 spiro atoms. The molecule has 0 aliphatic carbocycles. The molecule has 1 amide bonds. The van der Waals surface area contributed by atoms with Crippen LogP contribution in [-0.4, -0.2) is 24.5 Å². The molecule has 0 aromatic heterocycles. The van der Waals surface area contributed by atoms with Gasteiger partial charge in [0.2, 0.25) is 0 Å². The largest absolute Gasteiger partial charge is 0.449 e. The second-order valence-electron chi connectivity index (χ2n) is 5.91. The van der Waals surface area contributed by atoms with Gasteiger partial charge in [0, 0.05) is 12.5 Å². The van der Waals surface area contributed by atoms with E-state index in [0.29, 0.717) is 6.54 Å². The fourth-order valence-electron chi connectivity index (χ4n) is 2.56. The smallest absolute Gasteiger partial charge is 0.344 e. The Labute approximate surface area is 151 Å². The number of hydrogen-bond acceptors (Lipinski definition) is 3. The number of ether oxygens (including phenoxy) is 1. The predicted molar refractivity (Wildman–Crippen MR) is 93.7 cm³/mol. The lowest BCUT2D eigenvalue weighted by Crippen LogP contribution is -2.38. The number of halogens is 2. The first kappa shape index (κ1) is 19.6. The molecule has 26 heavy (non-hydrogen) atoms. The van der Waals surface area contributed by atoms with E-state index in [9.17, 15) is 18.4 Å². The summed E-state index contributed by atoms with van der Waals surface area (Å²) in [6.45, 7) is 3.74. The molecule has 1 N–H and O–H groups in total. The second-order valence-corrected chi connectivity index (χ2v) is 5.91. The molecular weight excluding hydrogens is 340 g/mol. The number of benzene rings is 2. The van der Waals surface area contributed by atoms with Crippen LogP contribution in [0, 0.1) is 11.6 Å². The molecule has 6 heteroatoms. The molecule has 0 heterocycles. The first-order chi connectivity index (χ1) is 12.4. The summed E-state index contributed by atoms with van der Waals surface area (Å²) in [5.41, 5.74) is 0.288. The van der Waals surface area contributed by atoms with E-state index >= 15 is 0 Å². The molecule has 0 bridgehead atoms. The van der Waals surface area contributed by atoms with Gasteiger partial charge in [0.05, 0.1) is 0 Å². The summed E-state index contributed by atoms with van der Waals surface area (Å²) in [5, 5.41) is 2.71. The first-order valence-electron chi connectivity index (χ1n) is 8.41. The third-order valence-electron chi connectivity index (χ3n) is 4.11. The van der Waals surface area contributed by atoms with Crippen LogP contribution in [0.2, 0.25) is 0 Å². The zero-order valence-corrected chi connectivity index (χ0v) is 14.7. The maximum absolute atomic E-state index is 13.6. The number of esters is 1. The molecule has 0 aliphatic heterocycles. The van der Waals surface area contributed by atoms with Gasteiger partial charge in [-0.1, -0.05) is 43.3 Å². The number of carbonyl (C=O) groups is 2. The van der Waals surface area contributed by atoms with E-state index in [1.807, 2.05) is 37.3 Å². The average molecular weight is 361 g/mol. The number of carbonyl (C=O) groups excluding carboxylic acids is 2. The van der Waals surface area contributed by atoms with Crippen molar-refractivity contribution in [3.63, 3.8) is 0 Å². The maximum atomic E-state index is 13.6. The summed E-state index contributed by atoms with van der Waals surface area (Å²) in [4.78, 5) is 24.1. The van der Waals surface area contributed by atoms with Crippen molar-refractivity contribution in [1.29, 1.82) is 0 Å². The van der Waals surface area contributed by atoms with Gasteiger partial charge < -0.3 is 10.1 Å². The van der Waals surface area contributed by atoms with E-state index in [4.69, 9.17) is 4.74 Å². The van der Waals surface area contributed by atoms with Gasteiger partial charge in [-0.3, -0.25) is 4.79 Å². The van der Waals surface area contributed by atoms with Gasteiger partial charge in [-0.05, 0) is 31.0 Å². The molecule has 0 fully saturated rings. The monoisotopic (exact) mass is 361 g/mol. The second kappa shape index (κ2) is 9.08. The average Bonchev–Trinajstić information content (AvgIpc) is 2.62. The van der Waals surface area contributed by atoms with Crippen LogP contribution >= 0.6 is 0 Å². The predicted octanol–water partition coefficient (Wildman–Crippen LogP) is 3.82. The molecule has 2 aromatic carbocycles. The highest BCUT2D eigenvalue weighted by atomic mass is 19.1. The van der Waals surface area contributed by atoms with Crippen molar-refractivity contribution >= 4 is 11.9 Å². The third-order valence-corrected chi connectivity index (χ3v) is 4.11. The SMILES string of the molecule is CC[C@@H](CNC(=O)[C@@H](C)OC(=O)c1c(F)cccc1F)c1ccccc1. The van der Waals surface area contributed by atoms with E-state index in [2.05, 4.69) is 5.32 Å². The topological polar surface area (TPSA) is 55.4 Å². The van der Waals surface area contributed by atoms with Crippen LogP contribution in [-0.2, 0) is 9.53 Å². The van der Waals surface area contributed by atoms with Crippen molar-refractivity contribution in [1.82, 2.24) is 5.32 Å². The Balaban J connectivity index is 1.94. The fraction of sp³-hybridized carbons (Fsp3) is 0.300. The zero-order valence-electron chi connectivity index (χ0n) is 14.7. The molecule has 2 atom stereocenters. The Kier molecular flexibility index (Phi) is 6.83. The summed E-state index contributed by atoms with van der Waals surface area (Å²) < 4.78 is 32.1. The highest BCUT2D eigenvalue weighted by Gasteiger charge is 2.24. The van der Waals surface area contributed by atoms with Crippen molar-refractivity contribution in [3.8, 4) is 0 Å². The summed E-state index contributed by atoms with van der Waals surface area (Å²) in [7, 11) is 0. The van der Waals surface area contributed by atoms with Crippen LogP contribution in [0.25, 0.3) is 0 Å². The lowest BCUT2D eigenvalue weighted by molar-refractivity contribution is -0.129. The van der Waals surface area contributed by atoms with E-state index in [1.54, 1.807) is 0 Å². The van der Waals surface area contributed by atoms with Gasteiger partial charge in [-0.15, -0.1) is 0 Å². The van der Waals surface area contributed by atoms with E-state index in [1.165, 1.54) is 6.92 Å². The summed E-state index contributed by atoms with van der Waals surface area (Å²) >= 11 is 0. The molecule has 0 saturated carbocycles. The molecule has 0 saturated heterocycles. The minimum absolute atomic E-state index is 0.118. The van der Waals surface area contributed by atoms with Crippen LogP contribution < -0.4 is 5.32 Å². The van der Waals surface area contributed by atoms with Gasteiger partial charge in [0.1, 0.15) is 17.2 Å². The Morgan fingerprint density at radius 1 is 1.04 bits per heavy atom. The van der Waals surface area contributed by atoms with Crippen molar-refractivity contribution in [3.05, 3.63) is 71.3 Å². The van der Waals surface area contributed by atoms with E-state index in [0.717, 1.165) is 30.2 Å². The minimum Gasteiger partial charge on any atom is -0.449 e. The van der Waals surface area contributed by atoms with Crippen LogP contribution in [0.15, 0.2) is 48.5 Å². The van der Waals surface area contributed by atoms with Crippen LogP contribution in [0.5, 0.6) is 0 Å². The molecule has 0 radical (unpaired) electrons. The van der Waals surface area contributed by atoms with Crippen molar-refractivity contribution in [2.24, 2.45) is 0 Å². The molecule has 2 aromatic rings. The number of nitrogens with one attached hydrogen (secondary N) is 1. The summed E-state index contributed by atoms with van der Waals surface area (Å²) in [6.07, 6.45) is -0.353. The Morgan fingerprint density at radius 3 is 2.23 bits per heavy atom. The van der Waals surface area contributed by atoms with E-state index in [-0.39, 0.29) is 5.92 Å². The summed E-state index contributed by atoms with van der Waals surface area (Å²) in [6, 6.07) is 12.8. The third kappa shape index (κ3) is 4.88. The first-order valence-corrected chi connectivity index (χ1v) is 8.41. The quantitative estimate of drug-likeness (QED) is 0.763. The van der Waals surface area contributed by atoms with E-state index < -0.39 is 35.2 Å². The number of rotatable bonds is 7. The van der Waals surface area contributed by atoms with Crippen molar-refractivity contribution < 1.29 is 23.1 Å². The fourth-order valence-corrected chi connectivity index (χ4v) is 2.56. The maximum Gasteiger partial charge on any atom is 0.344 e. The lowest BCUT2D eigenvalue weighted by atomic mass is 9.96. The normalized spacial score (nSPS) is 12.9. The number of hydrogen-bond donors (Lipinski definition) is 1. The van der Waals surface area contributed by atoms with Gasteiger partial charge in [-0.25, -0.2) is 13.6 Å². The Bertz CT molecular complexity index is 745. The van der Waals surface area contributed by atoms with Crippen LogP contribution in [0.3, 0.4) is 0 Å². The zero-order chi connectivity index (χ0) is 19.1. The molecule has 4 nitrogen and oxygen atoms in total. The molecule has 0 unspecified atom stereocenters. The standard InChI is InChI=1S/C20H21F2NO3/c1-3-14(15-8-5-4-6-9-15)12-23-19(24)13(2)26-20(25)18-16(21)10-7-11-17(18)22/h4-11,13-14H,3,12H2,1-2H3,(H,23,24)/t13-,14+/m1/s1. The highest BCUT2D eigenvalue weighted by Crippen LogP contribution is 2.18. The van der Waals surface area contributed by atoms with Crippen LogP contribution in [0.1, 0.15) is 42.1 Å². The highest BCUT2D eigenvalue weighted by molar-refractivity contribution is 5.92. The van der Waals surface area contributed by atoms with Gasteiger partial charge in [0.25, 0.3) is 5.91 Å². The molecule has 138 valence electrons. The molecular formula is C20H21F2NO3.